The van der Waals surface area contributed by atoms with Crippen LogP contribution in [-0.4, -0.2) is 33.0 Å². The van der Waals surface area contributed by atoms with Gasteiger partial charge in [0, 0.05) is 24.0 Å². The lowest BCUT2D eigenvalue weighted by atomic mass is 10.1. The normalized spacial score (nSPS) is 11.8. The number of amides is 1. The van der Waals surface area contributed by atoms with E-state index in [0.29, 0.717) is 11.4 Å². The monoisotopic (exact) mass is 274 g/mol. The largest absolute Gasteiger partial charge is 0.480 e. The third-order valence-corrected chi connectivity index (χ3v) is 2.79. The van der Waals surface area contributed by atoms with Gasteiger partial charge in [0.25, 0.3) is 5.91 Å². The van der Waals surface area contributed by atoms with E-state index in [9.17, 15) is 9.59 Å². The van der Waals surface area contributed by atoms with Crippen LogP contribution >= 0.6 is 0 Å². The number of aliphatic carboxylic acids is 1. The van der Waals surface area contributed by atoms with E-state index in [1.54, 1.807) is 24.3 Å². The molecule has 7 heteroatoms. The van der Waals surface area contributed by atoms with Crippen molar-refractivity contribution < 1.29 is 14.7 Å². The molecule has 1 unspecified atom stereocenters. The summed E-state index contributed by atoms with van der Waals surface area (Å²) in [5.41, 5.74) is 6.86. The Labute approximate surface area is 114 Å². The van der Waals surface area contributed by atoms with Crippen molar-refractivity contribution in [2.24, 2.45) is 0 Å². The molecule has 0 aliphatic heterocycles. The van der Waals surface area contributed by atoms with Gasteiger partial charge in [-0.2, -0.15) is 0 Å². The van der Waals surface area contributed by atoms with Crippen LogP contribution in [-0.2, 0) is 11.2 Å². The van der Waals surface area contributed by atoms with Crippen LogP contribution in [0.1, 0.15) is 16.1 Å². The number of nitrogens with zero attached hydrogens (tertiary/aromatic N) is 1. The first-order valence-corrected chi connectivity index (χ1v) is 5.93. The van der Waals surface area contributed by atoms with E-state index in [4.69, 9.17) is 10.8 Å². The average Bonchev–Trinajstić information content (AvgIpc) is 2.91. The summed E-state index contributed by atoms with van der Waals surface area (Å²) in [6.07, 6.45) is 3.08. The number of H-pyrrole nitrogens is 1. The van der Waals surface area contributed by atoms with Gasteiger partial charge >= 0.3 is 5.97 Å². The van der Waals surface area contributed by atoms with Crippen LogP contribution in [0.2, 0.25) is 0 Å². The van der Waals surface area contributed by atoms with E-state index >= 15 is 0 Å². The van der Waals surface area contributed by atoms with Crippen molar-refractivity contribution >= 4 is 17.6 Å². The predicted molar refractivity (Wildman–Crippen MR) is 72.0 cm³/mol. The van der Waals surface area contributed by atoms with Crippen LogP contribution in [0.15, 0.2) is 36.8 Å². The molecule has 0 spiro atoms. The lowest BCUT2D eigenvalue weighted by Gasteiger charge is -2.14. The van der Waals surface area contributed by atoms with E-state index in [-0.39, 0.29) is 12.0 Å². The minimum Gasteiger partial charge on any atom is -0.480 e. The van der Waals surface area contributed by atoms with Gasteiger partial charge in [-0.15, -0.1) is 0 Å². The first-order chi connectivity index (χ1) is 9.58. The number of carboxylic acids is 1. The number of carboxylic acid groups (broad SMARTS) is 1. The predicted octanol–water partition coefficient (Wildman–Crippen LogP) is 0.418. The Morgan fingerprint density at radius 1 is 1.40 bits per heavy atom. The highest BCUT2D eigenvalue weighted by atomic mass is 16.4. The molecule has 0 fully saturated rings. The lowest BCUT2D eigenvalue weighted by Crippen LogP contribution is -2.42. The van der Waals surface area contributed by atoms with Crippen molar-refractivity contribution in [2.75, 3.05) is 5.73 Å². The molecule has 0 saturated carbocycles. The molecule has 2 rings (SSSR count). The molecule has 20 heavy (non-hydrogen) atoms. The second kappa shape index (κ2) is 5.87. The zero-order valence-electron chi connectivity index (χ0n) is 10.5. The van der Waals surface area contributed by atoms with E-state index in [1.807, 2.05) is 0 Å². The number of para-hydroxylation sites is 1. The summed E-state index contributed by atoms with van der Waals surface area (Å²) in [5, 5.41) is 11.6. The molecule has 5 N–H and O–H groups in total. The minimum absolute atomic E-state index is 0.119. The van der Waals surface area contributed by atoms with Gasteiger partial charge in [-0.1, -0.05) is 12.1 Å². The number of hydrogen-bond acceptors (Lipinski definition) is 4. The van der Waals surface area contributed by atoms with Gasteiger partial charge in [-0.05, 0) is 12.1 Å². The number of nitrogens with one attached hydrogen (secondary N) is 2. The number of nitrogens with two attached hydrogens (primary N) is 1. The number of carbonyl (C=O) groups excluding carboxylic acids is 1. The summed E-state index contributed by atoms with van der Waals surface area (Å²) in [6.45, 7) is 0. The van der Waals surface area contributed by atoms with Crippen LogP contribution in [0.25, 0.3) is 0 Å². The van der Waals surface area contributed by atoms with Gasteiger partial charge < -0.3 is 21.1 Å². The number of imidazole rings is 1. The first-order valence-electron chi connectivity index (χ1n) is 5.93. The van der Waals surface area contributed by atoms with Crippen molar-refractivity contribution in [1.82, 2.24) is 15.3 Å². The zero-order valence-corrected chi connectivity index (χ0v) is 10.5. The molecule has 1 aromatic carbocycles. The van der Waals surface area contributed by atoms with Gasteiger partial charge in [0.2, 0.25) is 0 Å². The summed E-state index contributed by atoms with van der Waals surface area (Å²) in [4.78, 5) is 29.8. The zero-order chi connectivity index (χ0) is 14.5. The fourth-order valence-corrected chi connectivity index (χ4v) is 1.76. The Balaban J connectivity index is 2.10. The van der Waals surface area contributed by atoms with Crippen LogP contribution in [0.5, 0.6) is 0 Å². The lowest BCUT2D eigenvalue weighted by molar-refractivity contribution is -0.139. The van der Waals surface area contributed by atoms with Crippen molar-refractivity contribution in [2.45, 2.75) is 12.5 Å². The Morgan fingerprint density at radius 3 is 2.75 bits per heavy atom. The minimum atomic E-state index is -1.12. The molecule has 0 aliphatic carbocycles. The summed E-state index contributed by atoms with van der Waals surface area (Å²) >= 11 is 0. The highest BCUT2D eigenvalue weighted by Crippen LogP contribution is 2.11. The van der Waals surface area contributed by atoms with E-state index in [0.717, 1.165) is 0 Å². The van der Waals surface area contributed by atoms with E-state index in [2.05, 4.69) is 15.3 Å². The quantitative estimate of drug-likeness (QED) is 0.589. The molecule has 1 amide bonds. The first kappa shape index (κ1) is 13.6. The summed E-state index contributed by atoms with van der Waals surface area (Å²) in [7, 11) is 0. The molecule has 1 heterocycles. The third-order valence-electron chi connectivity index (χ3n) is 2.79. The maximum atomic E-state index is 12.0. The Morgan fingerprint density at radius 2 is 2.15 bits per heavy atom. The van der Waals surface area contributed by atoms with Crippen molar-refractivity contribution in [3.05, 3.63) is 48.0 Å². The number of rotatable bonds is 5. The van der Waals surface area contributed by atoms with E-state index in [1.165, 1.54) is 12.5 Å². The number of aromatic nitrogens is 2. The number of aromatic amines is 1. The summed E-state index contributed by atoms with van der Waals surface area (Å²) in [5.74, 6) is -1.64. The number of anilines is 1. The van der Waals surface area contributed by atoms with Gasteiger partial charge in [-0.3, -0.25) is 4.79 Å². The standard InChI is InChI=1S/C13H14N4O3/c14-10-4-2-1-3-9(10)12(18)17-11(13(19)20)5-8-6-15-7-16-8/h1-4,6-7,11H,5,14H2,(H,15,16)(H,17,18)(H,19,20). The SMILES string of the molecule is Nc1ccccc1C(=O)NC(Cc1cnc[nH]1)C(=O)O. The molecule has 1 aromatic heterocycles. The molecule has 0 aliphatic rings. The summed E-state index contributed by atoms with van der Waals surface area (Å²) in [6, 6.07) is 5.43. The van der Waals surface area contributed by atoms with E-state index < -0.39 is 17.9 Å². The highest BCUT2D eigenvalue weighted by molar-refractivity contribution is 6.00. The second-order valence-corrected chi connectivity index (χ2v) is 4.23. The van der Waals surface area contributed by atoms with Crippen molar-refractivity contribution in [3.8, 4) is 0 Å². The smallest absolute Gasteiger partial charge is 0.326 e. The fourth-order valence-electron chi connectivity index (χ4n) is 1.76. The van der Waals surface area contributed by atoms with Crippen LogP contribution in [0, 0.1) is 0 Å². The topological polar surface area (TPSA) is 121 Å². The number of hydrogen-bond donors (Lipinski definition) is 4. The molecule has 1 atom stereocenters. The van der Waals surface area contributed by atoms with Crippen LogP contribution in [0.4, 0.5) is 5.69 Å². The fraction of sp³-hybridized carbons (Fsp3) is 0.154. The molecule has 2 aromatic rings. The van der Waals surface area contributed by atoms with Crippen LogP contribution < -0.4 is 11.1 Å². The molecule has 0 saturated heterocycles. The molecule has 7 nitrogen and oxygen atoms in total. The van der Waals surface area contributed by atoms with Gasteiger partial charge in [0.15, 0.2) is 0 Å². The number of nitrogen functional groups attached to an aromatic ring is 1. The Kier molecular flexibility index (Phi) is 3.99. The van der Waals surface area contributed by atoms with Crippen molar-refractivity contribution in [3.63, 3.8) is 0 Å². The Bertz CT molecular complexity index is 610. The third kappa shape index (κ3) is 3.14. The van der Waals surface area contributed by atoms with Crippen LogP contribution in [0.3, 0.4) is 0 Å². The Hall–Kier alpha value is -2.83. The number of benzene rings is 1. The average molecular weight is 274 g/mol. The molecule has 104 valence electrons. The van der Waals surface area contributed by atoms with Crippen molar-refractivity contribution in [1.29, 1.82) is 0 Å². The maximum absolute atomic E-state index is 12.0. The second-order valence-electron chi connectivity index (χ2n) is 4.23. The molecular formula is C13H14N4O3. The molecule has 0 bridgehead atoms. The van der Waals surface area contributed by atoms with Gasteiger partial charge in [-0.25, -0.2) is 9.78 Å². The van der Waals surface area contributed by atoms with Gasteiger partial charge in [0.05, 0.1) is 11.9 Å². The number of carbonyl (C=O) groups is 2. The van der Waals surface area contributed by atoms with Gasteiger partial charge in [0.1, 0.15) is 6.04 Å². The maximum Gasteiger partial charge on any atom is 0.326 e. The molecular weight excluding hydrogens is 260 g/mol. The highest BCUT2D eigenvalue weighted by Gasteiger charge is 2.22. The molecule has 0 radical (unpaired) electrons. The summed E-state index contributed by atoms with van der Waals surface area (Å²) < 4.78 is 0.